The normalized spacial score (nSPS) is 10.5. The number of ketones is 1. The van der Waals surface area contributed by atoms with Crippen molar-refractivity contribution in [2.24, 2.45) is 7.05 Å². The number of nitrogens with zero attached hydrogens (tertiary/aromatic N) is 4. The van der Waals surface area contributed by atoms with Crippen LogP contribution in [0.2, 0.25) is 0 Å². The van der Waals surface area contributed by atoms with Gasteiger partial charge < -0.3 is 4.74 Å². The molecule has 0 aliphatic carbocycles. The summed E-state index contributed by atoms with van der Waals surface area (Å²) in [5.74, 6) is 0.315. The lowest BCUT2D eigenvalue weighted by molar-refractivity contribution is 0.102. The molecule has 0 aliphatic heterocycles. The van der Waals surface area contributed by atoms with Crippen molar-refractivity contribution in [3.63, 3.8) is 0 Å². The molecule has 2 heterocycles. The number of carbonyl (C=O) groups is 1. The van der Waals surface area contributed by atoms with Crippen molar-refractivity contribution >= 4 is 5.78 Å². The van der Waals surface area contributed by atoms with Crippen LogP contribution in [-0.4, -0.2) is 32.9 Å². The maximum Gasteiger partial charge on any atom is 0.216 e. The highest BCUT2D eigenvalue weighted by Crippen LogP contribution is 2.22. The van der Waals surface area contributed by atoms with Crippen LogP contribution in [0.1, 0.15) is 34.4 Å². The third-order valence-electron chi connectivity index (χ3n) is 2.91. The molecule has 0 spiro atoms. The number of hydrogen-bond donors (Lipinski definition) is 0. The molecule has 0 aromatic carbocycles. The van der Waals surface area contributed by atoms with E-state index >= 15 is 0 Å². The minimum Gasteiger partial charge on any atom is -0.493 e. The topological polar surface area (TPSA) is 69.9 Å². The SMILES string of the molecule is CCc1nnc(C)cc1C(=O)c1c(OC)cnn1C. The fourth-order valence-electron chi connectivity index (χ4n) is 1.93. The lowest BCUT2D eigenvalue weighted by Crippen LogP contribution is -2.13. The lowest BCUT2D eigenvalue weighted by atomic mass is 10.0. The minimum absolute atomic E-state index is 0.147. The van der Waals surface area contributed by atoms with E-state index in [9.17, 15) is 4.79 Å². The standard InChI is InChI=1S/C13H16N4O2/c1-5-10-9(6-8(2)15-16-10)13(18)12-11(19-4)7-14-17(12)3/h6-7H,5H2,1-4H3. The summed E-state index contributed by atoms with van der Waals surface area (Å²) in [5, 5.41) is 12.1. The molecule has 0 amide bonds. The molecule has 100 valence electrons. The quantitative estimate of drug-likeness (QED) is 0.775. The van der Waals surface area contributed by atoms with Crippen LogP contribution < -0.4 is 4.74 Å². The first kappa shape index (κ1) is 13.2. The van der Waals surface area contributed by atoms with E-state index in [1.54, 1.807) is 13.1 Å². The van der Waals surface area contributed by atoms with Crippen LogP contribution in [0.4, 0.5) is 0 Å². The number of aryl methyl sites for hydroxylation is 3. The van der Waals surface area contributed by atoms with Gasteiger partial charge in [0.1, 0.15) is 0 Å². The summed E-state index contributed by atoms with van der Waals surface area (Å²) in [5.41, 5.74) is 2.36. The van der Waals surface area contributed by atoms with Gasteiger partial charge in [-0.05, 0) is 19.4 Å². The summed E-state index contributed by atoms with van der Waals surface area (Å²) in [4.78, 5) is 12.6. The van der Waals surface area contributed by atoms with E-state index in [-0.39, 0.29) is 5.78 Å². The molecule has 6 heteroatoms. The Morgan fingerprint density at radius 3 is 2.79 bits per heavy atom. The zero-order valence-electron chi connectivity index (χ0n) is 11.5. The van der Waals surface area contributed by atoms with Crippen LogP contribution in [-0.2, 0) is 13.5 Å². The van der Waals surface area contributed by atoms with Gasteiger partial charge in [0.25, 0.3) is 0 Å². The second kappa shape index (κ2) is 5.17. The van der Waals surface area contributed by atoms with Crippen LogP contribution in [0.15, 0.2) is 12.3 Å². The van der Waals surface area contributed by atoms with Crippen LogP contribution in [0.3, 0.4) is 0 Å². The van der Waals surface area contributed by atoms with Gasteiger partial charge in [0.05, 0.1) is 24.7 Å². The Labute approximate surface area is 111 Å². The van der Waals surface area contributed by atoms with Crippen molar-refractivity contribution in [2.45, 2.75) is 20.3 Å². The van der Waals surface area contributed by atoms with Crippen molar-refractivity contribution < 1.29 is 9.53 Å². The van der Waals surface area contributed by atoms with Crippen molar-refractivity contribution in [1.29, 1.82) is 0 Å². The molecule has 2 aromatic rings. The van der Waals surface area contributed by atoms with Gasteiger partial charge in [-0.2, -0.15) is 15.3 Å². The Bertz CT molecular complexity index is 619. The van der Waals surface area contributed by atoms with Gasteiger partial charge in [-0.15, -0.1) is 0 Å². The highest BCUT2D eigenvalue weighted by atomic mass is 16.5. The van der Waals surface area contributed by atoms with E-state index in [1.165, 1.54) is 18.0 Å². The van der Waals surface area contributed by atoms with Gasteiger partial charge in [0.15, 0.2) is 11.4 Å². The second-order valence-corrected chi connectivity index (χ2v) is 4.21. The second-order valence-electron chi connectivity index (χ2n) is 4.21. The molecule has 0 aliphatic rings. The number of aromatic nitrogens is 4. The highest BCUT2D eigenvalue weighted by Gasteiger charge is 2.22. The summed E-state index contributed by atoms with van der Waals surface area (Å²) in [6.45, 7) is 3.75. The summed E-state index contributed by atoms with van der Waals surface area (Å²) in [7, 11) is 3.23. The molecule has 0 N–H and O–H groups in total. The smallest absolute Gasteiger partial charge is 0.216 e. The van der Waals surface area contributed by atoms with Crippen LogP contribution >= 0.6 is 0 Å². The van der Waals surface area contributed by atoms with E-state index in [0.717, 1.165) is 0 Å². The summed E-state index contributed by atoms with van der Waals surface area (Å²) in [6.07, 6.45) is 2.18. The molecule has 0 saturated carbocycles. The first-order valence-corrected chi connectivity index (χ1v) is 6.02. The first-order valence-electron chi connectivity index (χ1n) is 6.02. The fourth-order valence-corrected chi connectivity index (χ4v) is 1.93. The van der Waals surface area contributed by atoms with E-state index in [4.69, 9.17) is 4.74 Å². The molecular weight excluding hydrogens is 244 g/mol. The van der Waals surface area contributed by atoms with Crippen molar-refractivity contribution in [3.05, 3.63) is 34.9 Å². The molecule has 19 heavy (non-hydrogen) atoms. The predicted molar refractivity (Wildman–Crippen MR) is 69.3 cm³/mol. The van der Waals surface area contributed by atoms with Gasteiger partial charge in [0, 0.05) is 12.6 Å². The Kier molecular flexibility index (Phi) is 3.59. The largest absolute Gasteiger partial charge is 0.493 e. The molecule has 0 unspecified atom stereocenters. The zero-order chi connectivity index (χ0) is 14.0. The van der Waals surface area contributed by atoms with Gasteiger partial charge in [-0.3, -0.25) is 9.48 Å². The first-order chi connectivity index (χ1) is 9.08. The van der Waals surface area contributed by atoms with Crippen molar-refractivity contribution in [3.8, 4) is 5.75 Å². The molecule has 0 bridgehead atoms. The maximum atomic E-state index is 12.6. The van der Waals surface area contributed by atoms with Crippen LogP contribution in [0.5, 0.6) is 5.75 Å². The average Bonchev–Trinajstić information content (AvgIpc) is 2.79. The van der Waals surface area contributed by atoms with Gasteiger partial charge in [-0.1, -0.05) is 6.92 Å². The summed E-state index contributed by atoms with van der Waals surface area (Å²) in [6, 6.07) is 1.75. The Hall–Kier alpha value is -2.24. The van der Waals surface area contributed by atoms with Gasteiger partial charge in [-0.25, -0.2) is 0 Å². The van der Waals surface area contributed by atoms with E-state index in [0.29, 0.717) is 34.8 Å². The number of rotatable bonds is 4. The Balaban J connectivity index is 2.55. The van der Waals surface area contributed by atoms with E-state index in [2.05, 4.69) is 15.3 Å². The fraction of sp³-hybridized carbons (Fsp3) is 0.385. The molecule has 6 nitrogen and oxygen atoms in total. The molecule has 0 radical (unpaired) electrons. The summed E-state index contributed by atoms with van der Waals surface area (Å²) < 4.78 is 6.68. The monoisotopic (exact) mass is 260 g/mol. The molecule has 0 saturated heterocycles. The summed E-state index contributed by atoms with van der Waals surface area (Å²) >= 11 is 0. The third-order valence-corrected chi connectivity index (χ3v) is 2.91. The average molecular weight is 260 g/mol. The van der Waals surface area contributed by atoms with E-state index < -0.39 is 0 Å². The molecule has 2 rings (SSSR count). The van der Waals surface area contributed by atoms with Crippen LogP contribution in [0, 0.1) is 6.92 Å². The maximum absolute atomic E-state index is 12.6. The van der Waals surface area contributed by atoms with Gasteiger partial charge in [0.2, 0.25) is 5.78 Å². The number of carbonyl (C=O) groups excluding carboxylic acids is 1. The molecule has 0 fully saturated rings. The van der Waals surface area contributed by atoms with Crippen molar-refractivity contribution in [1.82, 2.24) is 20.0 Å². The minimum atomic E-state index is -0.147. The zero-order valence-corrected chi connectivity index (χ0v) is 11.5. The van der Waals surface area contributed by atoms with Crippen molar-refractivity contribution in [2.75, 3.05) is 7.11 Å². The highest BCUT2D eigenvalue weighted by molar-refractivity contribution is 6.10. The molecule has 2 aromatic heterocycles. The van der Waals surface area contributed by atoms with E-state index in [1.807, 2.05) is 13.8 Å². The Morgan fingerprint density at radius 1 is 1.42 bits per heavy atom. The van der Waals surface area contributed by atoms with Gasteiger partial charge >= 0.3 is 0 Å². The predicted octanol–water partition coefficient (Wildman–Crippen LogP) is 1.32. The number of hydrogen-bond acceptors (Lipinski definition) is 5. The number of methoxy groups -OCH3 is 1. The van der Waals surface area contributed by atoms with Crippen LogP contribution in [0.25, 0.3) is 0 Å². The third kappa shape index (κ3) is 2.33. The molecular formula is C13H16N4O2. The Morgan fingerprint density at radius 2 is 2.16 bits per heavy atom. The molecule has 0 atom stereocenters. The lowest BCUT2D eigenvalue weighted by Gasteiger charge is -2.08. The number of ether oxygens (including phenoxy) is 1.